The number of unbranched alkanes of at least 4 members (excludes halogenated alkanes) is 2. The molecule has 0 N–H and O–H groups in total. The molecule has 1 heterocycles. The van der Waals surface area contributed by atoms with Crippen LogP contribution in [0.1, 0.15) is 48.5 Å². The third kappa shape index (κ3) is 7.69. The summed E-state index contributed by atoms with van der Waals surface area (Å²) >= 11 is 12.1. The Morgan fingerprint density at radius 3 is 2.35 bits per heavy atom. The highest BCUT2D eigenvalue weighted by Crippen LogP contribution is 2.23. The van der Waals surface area contributed by atoms with E-state index in [1.165, 1.54) is 12.1 Å². The number of halogens is 3. The molecule has 8 heteroatoms. The van der Waals surface area contributed by atoms with E-state index in [2.05, 4.69) is 11.8 Å². The van der Waals surface area contributed by atoms with Crippen LogP contribution < -0.4 is 0 Å². The van der Waals surface area contributed by atoms with Gasteiger partial charge in [-0.25, -0.2) is 4.39 Å². The molecule has 2 aromatic rings. The van der Waals surface area contributed by atoms with Gasteiger partial charge in [-0.3, -0.25) is 14.5 Å². The summed E-state index contributed by atoms with van der Waals surface area (Å²) in [6.07, 6.45) is 3.50. The number of rotatable bonds is 10. The Labute approximate surface area is 211 Å². The molecule has 0 unspecified atom stereocenters. The van der Waals surface area contributed by atoms with Crippen LogP contribution in [0.15, 0.2) is 42.5 Å². The number of hydrogen-bond acceptors (Lipinski definition) is 3. The summed E-state index contributed by atoms with van der Waals surface area (Å²) in [7, 11) is 0. The van der Waals surface area contributed by atoms with Crippen LogP contribution in [-0.2, 0) is 11.3 Å². The van der Waals surface area contributed by atoms with Gasteiger partial charge >= 0.3 is 0 Å². The Balaban J connectivity index is 1.53. The summed E-state index contributed by atoms with van der Waals surface area (Å²) < 4.78 is 13.3. The van der Waals surface area contributed by atoms with Gasteiger partial charge in [0, 0.05) is 57.3 Å². The van der Waals surface area contributed by atoms with Crippen LogP contribution in [0.25, 0.3) is 0 Å². The molecule has 0 saturated carbocycles. The lowest BCUT2D eigenvalue weighted by atomic mass is 10.1. The van der Waals surface area contributed by atoms with Crippen molar-refractivity contribution in [1.29, 1.82) is 0 Å². The quantitative estimate of drug-likeness (QED) is 0.398. The molecule has 2 amide bonds. The van der Waals surface area contributed by atoms with Gasteiger partial charge in [-0.15, -0.1) is 0 Å². The van der Waals surface area contributed by atoms with E-state index in [0.29, 0.717) is 48.2 Å². The average Bonchev–Trinajstić information content (AvgIpc) is 2.83. The molecule has 1 aliphatic rings. The zero-order valence-corrected chi connectivity index (χ0v) is 21.1. The summed E-state index contributed by atoms with van der Waals surface area (Å²) in [5.41, 5.74) is 1.38. The molecule has 0 radical (unpaired) electrons. The van der Waals surface area contributed by atoms with Crippen LogP contribution in [-0.4, -0.2) is 65.8 Å². The van der Waals surface area contributed by atoms with E-state index in [-0.39, 0.29) is 17.6 Å². The van der Waals surface area contributed by atoms with Crippen molar-refractivity contribution in [2.24, 2.45) is 0 Å². The minimum Gasteiger partial charge on any atom is -0.337 e. The lowest BCUT2D eigenvalue weighted by Crippen LogP contribution is -2.50. The monoisotopic (exact) mass is 507 g/mol. The molecule has 2 aromatic carbocycles. The number of piperazine rings is 1. The van der Waals surface area contributed by atoms with Gasteiger partial charge < -0.3 is 9.80 Å². The number of carbonyl (C=O) groups excluding carboxylic acids is 2. The van der Waals surface area contributed by atoms with Gasteiger partial charge in [-0.1, -0.05) is 55.1 Å². The van der Waals surface area contributed by atoms with Gasteiger partial charge in [0.2, 0.25) is 5.91 Å². The van der Waals surface area contributed by atoms with E-state index in [4.69, 9.17) is 23.2 Å². The zero-order chi connectivity index (χ0) is 24.5. The first-order valence-electron chi connectivity index (χ1n) is 11.9. The number of amides is 2. The highest BCUT2D eigenvalue weighted by Gasteiger charge is 2.24. The molecule has 1 fully saturated rings. The first-order valence-corrected chi connectivity index (χ1v) is 12.6. The Morgan fingerprint density at radius 2 is 1.71 bits per heavy atom. The summed E-state index contributed by atoms with van der Waals surface area (Å²) in [5, 5.41) is 0.860. The summed E-state index contributed by atoms with van der Waals surface area (Å²) in [6.45, 7) is 6.56. The number of nitrogens with zero attached hydrogens (tertiary/aromatic N) is 3. The van der Waals surface area contributed by atoms with Gasteiger partial charge in [-0.2, -0.15) is 0 Å². The van der Waals surface area contributed by atoms with Crippen molar-refractivity contribution in [2.45, 2.75) is 39.2 Å². The average molecular weight is 508 g/mol. The maximum absolute atomic E-state index is 13.3. The lowest BCUT2D eigenvalue weighted by molar-refractivity contribution is -0.132. The second kappa shape index (κ2) is 13.1. The number of benzene rings is 2. The first-order chi connectivity index (χ1) is 16.4. The molecule has 34 heavy (non-hydrogen) atoms. The smallest absolute Gasteiger partial charge is 0.255 e. The molecule has 0 aromatic heterocycles. The van der Waals surface area contributed by atoms with Crippen LogP contribution in [0.5, 0.6) is 0 Å². The predicted molar refractivity (Wildman–Crippen MR) is 135 cm³/mol. The third-order valence-electron chi connectivity index (χ3n) is 6.14. The van der Waals surface area contributed by atoms with Crippen molar-refractivity contribution >= 4 is 35.0 Å². The van der Waals surface area contributed by atoms with E-state index >= 15 is 0 Å². The van der Waals surface area contributed by atoms with Gasteiger partial charge in [0.25, 0.3) is 5.91 Å². The Morgan fingerprint density at radius 1 is 1.00 bits per heavy atom. The number of hydrogen-bond donors (Lipinski definition) is 0. The molecule has 3 rings (SSSR count). The van der Waals surface area contributed by atoms with Crippen molar-refractivity contribution in [1.82, 2.24) is 14.7 Å². The molecule has 1 aliphatic heterocycles. The fourth-order valence-electron chi connectivity index (χ4n) is 4.06. The zero-order valence-electron chi connectivity index (χ0n) is 19.6. The summed E-state index contributed by atoms with van der Waals surface area (Å²) in [4.78, 5) is 31.7. The van der Waals surface area contributed by atoms with Crippen LogP contribution in [0, 0.1) is 5.82 Å². The van der Waals surface area contributed by atoms with Gasteiger partial charge in [-0.05, 0) is 42.3 Å². The highest BCUT2D eigenvalue weighted by molar-refractivity contribution is 6.36. The molecule has 1 saturated heterocycles. The van der Waals surface area contributed by atoms with Crippen molar-refractivity contribution in [3.05, 3.63) is 69.5 Å². The number of carbonyl (C=O) groups is 2. The first kappa shape index (κ1) is 26.5. The van der Waals surface area contributed by atoms with Gasteiger partial charge in [0.1, 0.15) is 5.82 Å². The molecular formula is C26H32Cl2FN3O2. The van der Waals surface area contributed by atoms with Crippen LogP contribution in [0.2, 0.25) is 10.0 Å². The van der Waals surface area contributed by atoms with Crippen LogP contribution in [0.4, 0.5) is 4.39 Å². The van der Waals surface area contributed by atoms with E-state index in [0.717, 1.165) is 44.5 Å². The second-order valence-corrected chi connectivity index (χ2v) is 9.50. The third-order valence-corrected chi connectivity index (χ3v) is 6.69. The summed E-state index contributed by atoms with van der Waals surface area (Å²) in [5.74, 6) is -0.244. The van der Waals surface area contributed by atoms with Gasteiger partial charge in [0.05, 0.1) is 10.6 Å². The normalized spacial score (nSPS) is 14.3. The predicted octanol–water partition coefficient (Wildman–Crippen LogP) is 5.50. The van der Waals surface area contributed by atoms with Crippen molar-refractivity contribution in [3.8, 4) is 0 Å². The van der Waals surface area contributed by atoms with Crippen molar-refractivity contribution in [2.75, 3.05) is 39.3 Å². The standard InChI is InChI=1S/C26H32Cl2FN3O2/c1-2-3-4-5-25(33)32(19-20-6-9-22(29)10-7-20)17-14-30-12-15-31(16-13-30)26(34)23-11-8-21(27)18-24(23)28/h6-11,18H,2-5,12-17,19H2,1H3. The Hall–Kier alpha value is -2.15. The van der Waals surface area contributed by atoms with Crippen LogP contribution >= 0.6 is 23.2 Å². The largest absolute Gasteiger partial charge is 0.337 e. The minimum absolute atomic E-state index is 0.0923. The van der Waals surface area contributed by atoms with Gasteiger partial charge in [0.15, 0.2) is 0 Å². The molecule has 184 valence electrons. The molecule has 0 bridgehead atoms. The van der Waals surface area contributed by atoms with E-state index < -0.39 is 0 Å². The maximum atomic E-state index is 13.3. The van der Waals surface area contributed by atoms with Crippen molar-refractivity contribution in [3.63, 3.8) is 0 Å². The van der Waals surface area contributed by atoms with Crippen LogP contribution in [0.3, 0.4) is 0 Å². The van der Waals surface area contributed by atoms with E-state index in [1.807, 2.05) is 4.90 Å². The minimum atomic E-state index is -0.281. The van der Waals surface area contributed by atoms with Crippen molar-refractivity contribution < 1.29 is 14.0 Å². The lowest BCUT2D eigenvalue weighted by Gasteiger charge is -2.36. The molecular weight excluding hydrogens is 476 g/mol. The SMILES string of the molecule is CCCCCC(=O)N(CCN1CCN(C(=O)c2ccc(Cl)cc2Cl)CC1)Cc1ccc(F)cc1. The molecule has 5 nitrogen and oxygen atoms in total. The second-order valence-electron chi connectivity index (χ2n) is 8.66. The highest BCUT2D eigenvalue weighted by atomic mass is 35.5. The van der Waals surface area contributed by atoms with E-state index in [9.17, 15) is 14.0 Å². The molecule has 0 aliphatic carbocycles. The molecule has 0 atom stereocenters. The van der Waals surface area contributed by atoms with E-state index in [1.54, 1.807) is 35.2 Å². The topological polar surface area (TPSA) is 43.9 Å². The summed E-state index contributed by atoms with van der Waals surface area (Å²) in [6, 6.07) is 11.2. The fourth-order valence-corrected chi connectivity index (χ4v) is 4.55. The Bertz CT molecular complexity index is 963. The Kier molecular flexibility index (Phi) is 10.2. The fraction of sp³-hybridized carbons (Fsp3) is 0.462. The maximum Gasteiger partial charge on any atom is 0.255 e. The molecule has 0 spiro atoms.